The smallest absolute Gasteiger partial charge is 0.317 e. The second-order valence-electron chi connectivity index (χ2n) is 5.10. The number of amides is 3. The first-order valence-corrected chi connectivity index (χ1v) is 7.90. The number of hydrogen-bond donors (Lipinski definition) is 2. The molecule has 1 atom stereocenters. The van der Waals surface area contributed by atoms with Crippen molar-refractivity contribution < 1.29 is 9.59 Å². The average Bonchev–Trinajstić information content (AvgIpc) is 2.91. The van der Waals surface area contributed by atoms with Crippen molar-refractivity contribution >= 4 is 23.3 Å². The number of carbonyl (C=O) groups is 2. The molecule has 1 fully saturated rings. The molecule has 0 unspecified atom stereocenters. The lowest BCUT2D eigenvalue weighted by Crippen LogP contribution is -2.52. The molecule has 0 bridgehead atoms. The van der Waals surface area contributed by atoms with E-state index in [4.69, 9.17) is 0 Å². The van der Waals surface area contributed by atoms with Crippen molar-refractivity contribution in [1.29, 1.82) is 0 Å². The fourth-order valence-electron chi connectivity index (χ4n) is 2.43. The summed E-state index contributed by atoms with van der Waals surface area (Å²) in [6, 6.07) is 2.13. The second-order valence-corrected chi connectivity index (χ2v) is 5.88. The molecule has 1 aromatic rings. The van der Waals surface area contributed by atoms with Gasteiger partial charge in [0.2, 0.25) is 5.91 Å². The number of nitrogens with zero attached hydrogens (tertiary/aromatic N) is 1. The SMILES string of the molecule is CC(=O)N[C@@H]1CCCN(C(=O)NCCc2ccsc2)C1. The van der Waals surface area contributed by atoms with Crippen LogP contribution in [-0.2, 0) is 11.2 Å². The Morgan fingerprint density at radius 2 is 2.35 bits per heavy atom. The van der Waals surface area contributed by atoms with Gasteiger partial charge in [-0.2, -0.15) is 11.3 Å². The summed E-state index contributed by atoms with van der Waals surface area (Å²) in [5.41, 5.74) is 1.25. The van der Waals surface area contributed by atoms with E-state index in [9.17, 15) is 9.59 Å². The molecule has 0 saturated carbocycles. The zero-order valence-corrected chi connectivity index (χ0v) is 12.5. The third kappa shape index (κ3) is 4.52. The number of piperidine rings is 1. The maximum Gasteiger partial charge on any atom is 0.317 e. The monoisotopic (exact) mass is 295 g/mol. The number of carbonyl (C=O) groups excluding carboxylic acids is 2. The molecule has 110 valence electrons. The van der Waals surface area contributed by atoms with Crippen LogP contribution in [0.25, 0.3) is 0 Å². The summed E-state index contributed by atoms with van der Waals surface area (Å²) in [7, 11) is 0. The molecule has 2 heterocycles. The van der Waals surface area contributed by atoms with E-state index < -0.39 is 0 Å². The van der Waals surface area contributed by atoms with Crippen LogP contribution in [0.2, 0.25) is 0 Å². The normalized spacial score (nSPS) is 18.6. The van der Waals surface area contributed by atoms with Crippen molar-refractivity contribution in [3.63, 3.8) is 0 Å². The minimum Gasteiger partial charge on any atom is -0.352 e. The summed E-state index contributed by atoms with van der Waals surface area (Å²) < 4.78 is 0. The molecule has 20 heavy (non-hydrogen) atoms. The number of nitrogens with one attached hydrogen (secondary N) is 2. The van der Waals surface area contributed by atoms with Gasteiger partial charge in [-0.25, -0.2) is 4.79 Å². The van der Waals surface area contributed by atoms with E-state index in [1.165, 1.54) is 12.5 Å². The maximum absolute atomic E-state index is 12.1. The van der Waals surface area contributed by atoms with Gasteiger partial charge in [0.1, 0.15) is 0 Å². The molecule has 6 heteroatoms. The lowest BCUT2D eigenvalue weighted by Gasteiger charge is -2.33. The van der Waals surface area contributed by atoms with Crippen molar-refractivity contribution in [2.24, 2.45) is 0 Å². The predicted octanol–water partition coefficient (Wildman–Crippen LogP) is 1.60. The number of likely N-dealkylation sites (tertiary alicyclic amines) is 1. The first-order valence-electron chi connectivity index (χ1n) is 6.96. The summed E-state index contributed by atoms with van der Waals surface area (Å²) >= 11 is 1.67. The molecule has 0 aromatic carbocycles. The van der Waals surface area contributed by atoms with Gasteiger partial charge in [-0.1, -0.05) is 0 Å². The second kappa shape index (κ2) is 7.28. The maximum atomic E-state index is 12.1. The zero-order valence-electron chi connectivity index (χ0n) is 11.7. The Labute approximate surface area is 123 Å². The molecule has 5 nitrogen and oxygen atoms in total. The summed E-state index contributed by atoms with van der Waals surface area (Å²) in [6.45, 7) is 3.53. The highest BCUT2D eigenvalue weighted by Gasteiger charge is 2.23. The van der Waals surface area contributed by atoms with Gasteiger partial charge in [0.15, 0.2) is 0 Å². The van der Waals surface area contributed by atoms with Gasteiger partial charge in [-0.15, -0.1) is 0 Å². The van der Waals surface area contributed by atoms with Gasteiger partial charge in [-0.05, 0) is 41.7 Å². The Morgan fingerprint density at radius 3 is 3.05 bits per heavy atom. The van der Waals surface area contributed by atoms with Crippen LogP contribution in [0.5, 0.6) is 0 Å². The Kier molecular flexibility index (Phi) is 5.40. The van der Waals surface area contributed by atoms with Gasteiger partial charge < -0.3 is 15.5 Å². The summed E-state index contributed by atoms with van der Waals surface area (Å²) in [5.74, 6) is -0.0327. The fourth-order valence-corrected chi connectivity index (χ4v) is 3.13. The van der Waals surface area contributed by atoms with Crippen LogP contribution in [0.4, 0.5) is 4.79 Å². The van der Waals surface area contributed by atoms with Crippen LogP contribution in [0.3, 0.4) is 0 Å². The zero-order chi connectivity index (χ0) is 14.4. The van der Waals surface area contributed by atoms with E-state index in [0.29, 0.717) is 13.1 Å². The number of rotatable bonds is 4. The summed E-state index contributed by atoms with van der Waals surface area (Å²) in [5, 5.41) is 9.97. The predicted molar refractivity (Wildman–Crippen MR) is 79.8 cm³/mol. The molecule has 2 N–H and O–H groups in total. The first-order chi connectivity index (χ1) is 9.65. The molecule has 0 radical (unpaired) electrons. The molecule has 1 aliphatic rings. The van der Waals surface area contributed by atoms with Crippen LogP contribution in [0, 0.1) is 0 Å². The van der Waals surface area contributed by atoms with Crippen molar-refractivity contribution in [2.75, 3.05) is 19.6 Å². The fraction of sp³-hybridized carbons (Fsp3) is 0.571. The van der Waals surface area contributed by atoms with E-state index in [2.05, 4.69) is 22.1 Å². The van der Waals surface area contributed by atoms with E-state index in [0.717, 1.165) is 25.8 Å². The van der Waals surface area contributed by atoms with E-state index in [1.807, 2.05) is 5.38 Å². The van der Waals surface area contributed by atoms with Crippen LogP contribution >= 0.6 is 11.3 Å². The molecule has 3 amide bonds. The van der Waals surface area contributed by atoms with Crippen LogP contribution in [0.1, 0.15) is 25.3 Å². The highest BCUT2D eigenvalue weighted by Crippen LogP contribution is 2.10. The average molecular weight is 295 g/mol. The number of urea groups is 1. The molecular weight excluding hydrogens is 274 g/mol. The topological polar surface area (TPSA) is 61.4 Å². The highest BCUT2D eigenvalue weighted by atomic mass is 32.1. The molecule has 0 spiro atoms. The molecule has 2 rings (SSSR count). The number of hydrogen-bond acceptors (Lipinski definition) is 3. The van der Waals surface area contributed by atoms with Gasteiger partial charge in [0.05, 0.1) is 0 Å². The van der Waals surface area contributed by atoms with Crippen molar-refractivity contribution in [3.05, 3.63) is 22.4 Å². The molecule has 0 aliphatic carbocycles. The van der Waals surface area contributed by atoms with Gasteiger partial charge in [0, 0.05) is 32.6 Å². The third-order valence-corrected chi connectivity index (χ3v) is 4.12. The number of thiophene rings is 1. The summed E-state index contributed by atoms with van der Waals surface area (Å²) in [6.07, 6.45) is 2.74. The first kappa shape index (κ1) is 14.8. The van der Waals surface area contributed by atoms with Gasteiger partial charge in [0.25, 0.3) is 0 Å². The minimum absolute atomic E-state index is 0.0321. The molecular formula is C14H21N3O2S. The van der Waals surface area contributed by atoms with Crippen molar-refractivity contribution in [2.45, 2.75) is 32.2 Å². The van der Waals surface area contributed by atoms with E-state index in [1.54, 1.807) is 16.2 Å². The van der Waals surface area contributed by atoms with Gasteiger partial charge >= 0.3 is 6.03 Å². The minimum atomic E-state index is -0.0327. The highest BCUT2D eigenvalue weighted by molar-refractivity contribution is 7.07. The van der Waals surface area contributed by atoms with Crippen LogP contribution in [0.15, 0.2) is 16.8 Å². The Hall–Kier alpha value is -1.56. The Morgan fingerprint density at radius 1 is 1.50 bits per heavy atom. The Bertz CT molecular complexity index is 447. The Balaban J connectivity index is 1.72. The standard InChI is InChI=1S/C14H21N3O2S/c1-11(18)16-13-3-2-7-17(9-13)14(19)15-6-4-12-5-8-20-10-12/h5,8,10,13H,2-4,6-7,9H2,1H3,(H,15,19)(H,16,18)/t13-/m1/s1. The van der Waals surface area contributed by atoms with Gasteiger partial charge in [-0.3, -0.25) is 4.79 Å². The van der Waals surface area contributed by atoms with Crippen LogP contribution < -0.4 is 10.6 Å². The largest absolute Gasteiger partial charge is 0.352 e. The lowest BCUT2D eigenvalue weighted by molar-refractivity contribution is -0.119. The third-order valence-electron chi connectivity index (χ3n) is 3.39. The van der Waals surface area contributed by atoms with Crippen molar-refractivity contribution in [1.82, 2.24) is 15.5 Å². The molecule has 1 aliphatic heterocycles. The van der Waals surface area contributed by atoms with E-state index >= 15 is 0 Å². The van der Waals surface area contributed by atoms with Crippen LogP contribution in [-0.4, -0.2) is 42.5 Å². The lowest BCUT2D eigenvalue weighted by atomic mass is 10.1. The van der Waals surface area contributed by atoms with Crippen molar-refractivity contribution in [3.8, 4) is 0 Å². The molecule has 1 aromatic heterocycles. The van der Waals surface area contributed by atoms with E-state index in [-0.39, 0.29) is 18.0 Å². The summed E-state index contributed by atoms with van der Waals surface area (Å²) in [4.78, 5) is 24.9. The molecule has 1 saturated heterocycles. The quantitative estimate of drug-likeness (QED) is 0.886.